The highest BCUT2D eigenvalue weighted by atomic mass is 16.5. The van der Waals surface area contributed by atoms with Gasteiger partial charge in [0.05, 0.1) is 12.8 Å². The quantitative estimate of drug-likeness (QED) is 0.899. The van der Waals surface area contributed by atoms with Gasteiger partial charge in [-0.15, -0.1) is 0 Å². The molecule has 0 aromatic carbocycles. The van der Waals surface area contributed by atoms with Gasteiger partial charge in [-0.1, -0.05) is 0 Å². The molecule has 23 heavy (non-hydrogen) atoms. The summed E-state index contributed by atoms with van der Waals surface area (Å²) < 4.78 is 5.07. The number of hydrogen-bond acceptors (Lipinski definition) is 7. The molecule has 1 aliphatic rings. The number of likely N-dealkylation sites (tertiary alicyclic amines) is 1. The third-order valence-electron chi connectivity index (χ3n) is 4.00. The topological polar surface area (TPSA) is 76.1 Å². The molecule has 0 amide bonds. The Hall–Kier alpha value is -2.28. The molecule has 0 atom stereocenters. The zero-order chi connectivity index (χ0) is 16.1. The first-order valence-corrected chi connectivity index (χ1v) is 7.86. The standard InChI is InChI=1S/C16H22N6O/c1-12-9-15(19-11-18-12)20-13-4-7-22(8-5-13)10-14-3-6-17-16(21-14)23-2/h3,6,9,11,13H,4-5,7-8,10H2,1-2H3,(H,18,19,20). The Morgan fingerprint density at radius 2 is 2.09 bits per heavy atom. The van der Waals surface area contributed by atoms with E-state index in [1.807, 2.05) is 19.1 Å². The number of nitrogens with one attached hydrogen (secondary N) is 1. The van der Waals surface area contributed by atoms with Gasteiger partial charge in [-0.3, -0.25) is 4.90 Å². The van der Waals surface area contributed by atoms with E-state index in [1.165, 1.54) is 0 Å². The minimum absolute atomic E-state index is 0.429. The maximum atomic E-state index is 5.07. The Balaban J connectivity index is 1.50. The second-order valence-corrected chi connectivity index (χ2v) is 5.77. The fourth-order valence-electron chi connectivity index (χ4n) is 2.77. The maximum absolute atomic E-state index is 5.07. The van der Waals surface area contributed by atoms with Crippen molar-refractivity contribution in [3.63, 3.8) is 0 Å². The molecule has 7 heteroatoms. The zero-order valence-corrected chi connectivity index (χ0v) is 13.6. The van der Waals surface area contributed by atoms with E-state index in [0.717, 1.165) is 49.7 Å². The van der Waals surface area contributed by atoms with Gasteiger partial charge >= 0.3 is 6.01 Å². The molecule has 0 spiro atoms. The predicted molar refractivity (Wildman–Crippen MR) is 87.3 cm³/mol. The summed E-state index contributed by atoms with van der Waals surface area (Å²) >= 11 is 0. The van der Waals surface area contributed by atoms with Crippen LogP contribution in [-0.4, -0.2) is 51.1 Å². The highest BCUT2D eigenvalue weighted by Gasteiger charge is 2.20. The summed E-state index contributed by atoms with van der Waals surface area (Å²) in [6.45, 7) is 4.88. The smallest absolute Gasteiger partial charge is 0.316 e. The molecule has 0 unspecified atom stereocenters. The van der Waals surface area contributed by atoms with Gasteiger partial charge in [0.1, 0.15) is 12.1 Å². The Bertz CT molecular complexity index is 642. The van der Waals surface area contributed by atoms with Crippen molar-refractivity contribution in [3.05, 3.63) is 36.0 Å². The van der Waals surface area contributed by atoms with Crippen LogP contribution in [0.5, 0.6) is 6.01 Å². The summed E-state index contributed by atoms with van der Waals surface area (Å²) in [7, 11) is 1.59. The average Bonchev–Trinajstić information content (AvgIpc) is 2.57. The molecule has 3 heterocycles. The number of piperidine rings is 1. The molecule has 3 rings (SSSR count). The minimum Gasteiger partial charge on any atom is -0.467 e. The predicted octanol–water partition coefficient (Wildman–Crippen LogP) is 1.66. The highest BCUT2D eigenvalue weighted by Crippen LogP contribution is 2.17. The van der Waals surface area contributed by atoms with Gasteiger partial charge in [0, 0.05) is 43.6 Å². The number of hydrogen-bond donors (Lipinski definition) is 1. The first-order valence-electron chi connectivity index (χ1n) is 7.86. The van der Waals surface area contributed by atoms with Crippen LogP contribution in [0.25, 0.3) is 0 Å². The molecule has 0 aliphatic carbocycles. The Morgan fingerprint density at radius 3 is 2.83 bits per heavy atom. The molecule has 2 aromatic heterocycles. The van der Waals surface area contributed by atoms with Crippen LogP contribution < -0.4 is 10.1 Å². The van der Waals surface area contributed by atoms with Crippen LogP contribution in [-0.2, 0) is 6.54 Å². The van der Waals surface area contributed by atoms with Crippen molar-refractivity contribution < 1.29 is 4.74 Å². The molecule has 1 saturated heterocycles. The SMILES string of the molecule is COc1nccc(CN2CCC(Nc3cc(C)ncn3)CC2)n1. The molecule has 1 fully saturated rings. The molecule has 1 N–H and O–H groups in total. The van der Waals surface area contributed by atoms with Gasteiger partial charge in [-0.25, -0.2) is 15.0 Å². The van der Waals surface area contributed by atoms with E-state index in [0.29, 0.717) is 12.1 Å². The average molecular weight is 314 g/mol. The van der Waals surface area contributed by atoms with E-state index < -0.39 is 0 Å². The van der Waals surface area contributed by atoms with Crippen LogP contribution in [0, 0.1) is 6.92 Å². The summed E-state index contributed by atoms with van der Waals surface area (Å²) in [5, 5.41) is 3.50. The van der Waals surface area contributed by atoms with Crippen molar-refractivity contribution >= 4 is 5.82 Å². The lowest BCUT2D eigenvalue weighted by Gasteiger charge is -2.32. The molecule has 2 aromatic rings. The van der Waals surface area contributed by atoms with E-state index in [9.17, 15) is 0 Å². The second kappa shape index (κ2) is 7.32. The lowest BCUT2D eigenvalue weighted by atomic mass is 10.0. The van der Waals surface area contributed by atoms with Crippen LogP contribution >= 0.6 is 0 Å². The van der Waals surface area contributed by atoms with Crippen molar-refractivity contribution in [3.8, 4) is 6.01 Å². The van der Waals surface area contributed by atoms with Gasteiger partial charge in [0.25, 0.3) is 0 Å². The number of nitrogens with zero attached hydrogens (tertiary/aromatic N) is 5. The molecular formula is C16H22N6O. The summed E-state index contributed by atoms with van der Waals surface area (Å²) in [5.41, 5.74) is 1.98. The number of aromatic nitrogens is 4. The lowest BCUT2D eigenvalue weighted by Crippen LogP contribution is -2.39. The van der Waals surface area contributed by atoms with Gasteiger partial charge in [-0.2, -0.15) is 4.98 Å². The Labute approximate surface area is 136 Å². The van der Waals surface area contributed by atoms with E-state index >= 15 is 0 Å². The number of anilines is 1. The van der Waals surface area contributed by atoms with Crippen molar-refractivity contribution in [2.75, 3.05) is 25.5 Å². The summed E-state index contributed by atoms with van der Waals surface area (Å²) in [5.74, 6) is 0.913. The fraction of sp³-hybridized carbons (Fsp3) is 0.500. The number of ether oxygens (including phenoxy) is 1. The van der Waals surface area contributed by atoms with Crippen LogP contribution in [0.1, 0.15) is 24.2 Å². The van der Waals surface area contributed by atoms with Crippen molar-refractivity contribution in [2.24, 2.45) is 0 Å². The molecule has 1 aliphatic heterocycles. The summed E-state index contributed by atoms with van der Waals surface area (Å²) in [6, 6.07) is 4.81. The molecule has 7 nitrogen and oxygen atoms in total. The van der Waals surface area contributed by atoms with Gasteiger partial charge in [-0.05, 0) is 25.8 Å². The third-order valence-corrected chi connectivity index (χ3v) is 4.00. The monoisotopic (exact) mass is 314 g/mol. The highest BCUT2D eigenvalue weighted by molar-refractivity contribution is 5.35. The second-order valence-electron chi connectivity index (χ2n) is 5.77. The third kappa shape index (κ3) is 4.35. The van der Waals surface area contributed by atoms with Crippen LogP contribution in [0.3, 0.4) is 0 Å². The van der Waals surface area contributed by atoms with E-state index in [2.05, 4.69) is 30.2 Å². The van der Waals surface area contributed by atoms with Crippen LogP contribution in [0.15, 0.2) is 24.7 Å². The molecular weight excluding hydrogens is 292 g/mol. The van der Waals surface area contributed by atoms with Crippen LogP contribution in [0.2, 0.25) is 0 Å². The van der Waals surface area contributed by atoms with E-state index in [4.69, 9.17) is 4.74 Å². The first-order chi connectivity index (χ1) is 11.2. The minimum atomic E-state index is 0.429. The molecule has 0 radical (unpaired) electrons. The van der Waals surface area contributed by atoms with Crippen LogP contribution in [0.4, 0.5) is 5.82 Å². The largest absolute Gasteiger partial charge is 0.467 e. The fourth-order valence-corrected chi connectivity index (χ4v) is 2.77. The van der Waals surface area contributed by atoms with Gasteiger partial charge < -0.3 is 10.1 Å². The molecule has 0 bridgehead atoms. The summed E-state index contributed by atoms with van der Waals surface area (Å²) in [6.07, 6.45) is 5.53. The molecule has 122 valence electrons. The zero-order valence-electron chi connectivity index (χ0n) is 13.6. The number of methoxy groups -OCH3 is 1. The van der Waals surface area contributed by atoms with E-state index in [1.54, 1.807) is 19.6 Å². The number of rotatable bonds is 5. The number of aryl methyl sites for hydroxylation is 1. The maximum Gasteiger partial charge on any atom is 0.316 e. The van der Waals surface area contributed by atoms with E-state index in [-0.39, 0.29) is 0 Å². The normalized spacial score (nSPS) is 16.3. The first kappa shape index (κ1) is 15.6. The van der Waals surface area contributed by atoms with Crippen molar-refractivity contribution in [2.45, 2.75) is 32.4 Å². The Morgan fingerprint density at radius 1 is 1.26 bits per heavy atom. The van der Waals surface area contributed by atoms with Gasteiger partial charge in [0.2, 0.25) is 0 Å². The molecule has 0 saturated carbocycles. The lowest BCUT2D eigenvalue weighted by molar-refractivity contribution is 0.208. The van der Waals surface area contributed by atoms with Crippen molar-refractivity contribution in [1.82, 2.24) is 24.8 Å². The van der Waals surface area contributed by atoms with Crippen molar-refractivity contribution in [1.29, 1.82) is 0 Å². The Kier molecular flexibility index (Phi) is 4.97. The van der Waals surface area contributed by atoms with Gasteiger partial charge in [0.15, 0.2) is 0 Å². The summed E-state index contributed by atoms with van der Waals surface area (Å²) in [4.78, 5) is 19.2.